The summed E-state index contributed by atoms with van der Waals surface area (Å²) in [7, 11) is -3.74. The molecule has 1 amide bonds. The third-order valence-electron chi connectivity index (χ3n) is 6.01. The highest BCUT2D eigenvalue weighted by Gasteiger charge is 2.29. The molecule has 9 heteroatoms. The molecule has 0 unspecified atom stereocenters. The highest BCUT2D eigenvalue weighted by Crippen LogP contribution is 2.32. The van der Waals surface area contributed by atoms with Crippen LogP contribution in [0.5, 0.6) is 5.75 Å². The number of amides is 1. The highest BCUT2D eigenvalue weighted by atomic mass is 32.2. The average molecular weight is 483 g/mol. The Morgan fingerprint density at radius 2 is 1.88 bits per heavy atom. The molecule has 8 nitrogen and oxygen atoms in total. The van der Waals surface area contributed by atoms with Gasteiger partial charge in [-0.05, 0) is 70.0 Å². The average Bonchev–Trinajstić information content (AvgIpc) is 3.15. The lowest BCUT2D eigenvalue weighted by molar-refractivity contribution is 0.102. The minimum absolute atomic E-state index is 0.0786. The van der Waals surface area contributed by atoms with Crippen molar-refractivity contribution in [3.05, 3.63) is 65.7 Å². The molecule has 1 aliphatic heterocycles. The molecular formula is C25H30N4O4S. The smallest absolute Gasteiger partial charge is 0.257 e. The quantitative estimate of drug-likeness (QED) is 0.542. The lowest BCUT2D eigenvalue weighted by Crippen LogP contribution is -2.35. The van der Waals surface area contributed by atoms with Crippen molar-refractivity contribution in [2.75, 3.05) is 25.0 Å². The van der Waals surface area contributed by atoms with Gasteiger partial charge in [-0.15, -0.1) is 0 Å². The van der Waals surface area contributed by atoms with E-state index in [9.17, 15) is 13.2 Å². The van der Waals surface area contributed by atoms with Crippen molar-refractivity contribution in [1.82, 2.24) is 13.9 Å². The summed E-state index contributed by atoms with van der Waals surface area (Å²) in [6.07, 6.45) is 6.15. The Hall–Kier alpha value is -3.17. The lowest BCUT2D eigenvalue weighted by Gasteiger charge is -2.27. The zero-order valence-corrected chi connectivity index (χ0v) is 20.6. The van der Waals surface area contributed by atoms with Crippen molar-refractivity contribution in [2.24, 2.45) is 0 Å². The van der Waals surface area contributed by atoms with Crippen molar-refractivity contribution >= 4 is 21.6 Å². The number of aromatic nitrogens is 2. The van der Waals surface area contributed by atoms with Crippen LogP contribution in [0.4, 0.5) is 5.69 Å². The molecule has 0 spiro atoms. The van der Waals surface area contributed by atoms with Gasteiger partial charge in [0.2, 0.25) is 10.0 Å². The van der Waals surface area contributed by atoms with Crippen LogP contribution in [0.25, 0.3) is 5.69 Å². The molecule has 180 valence electrons. The van der Waals surface area contributed by atoms with Crippen LogP contribution in [0.15, 0.2) is 53.7 Å². The molecule has 4 rings (SSSR count). The Bertz CT molecular complexity index is 1280. The van der Waals surface area contributed by atoms with E-state index in [-0.39, 0.29) is 10.8 Å². The summed E-state index contributed by atoms with van der Waals surface area (Å²) in [6, 6.07) is 10.4. The Balaban J connectivity index is 1.65. The van der Waals surface area contributed by atoms with E-state index in [4.69, 9.17) is 4.74 Å². The third kappa shape index (κ3) is 4.71. The van der Waals surface area contributed by atoms with Crippen LogP contribution in [0, 0.1) is 13.8 Å². The standard InChI is InChI=1S/C25H30N4O4S/c1-4-33-23-11-10-20(16-24(23)34(31,32)28-13-6-5-7-14-28)27-25(30)22-15-18(2)29(19(22)3)21-9-8-12-26-17-21/h8-12,15-17H,4-7,13-14H2,1-3H3,(H,27,30). The summed E-state index contributed by atoms with van der Waals surface area (Å²) >= 11 is 0. The van der Waals surface area contributed by atoms with Crippen LogP contribution >= 0.6 is 0 Å². The van der Waals surface area contributed by atoms with Gasteiger partial charge in [-0.3, -0.25) is 9.78 Å². The summed E-state index contributed by atoms with van der Waals surface area (Å²) in [6.45, 7) is 6.94. The number of piperidine rings is 1. The van der Waals surface area contributed by atoms with Crippen LogP contribution in [0.3, 0.4) is 0 Å². The van der Waals surface area contributed by atoms with Gasteiger partial charge in [0, 0.05) is 36.4 Å². The molecule has 0 atom stereocenters. The number of rotatable bonds is 7. The van der Waals surface area contributed by atoms with Crippen molar-refractivity contribution < 1.29 is 17.9 Å². The fourth-order valence-electron chi connectivity index (χ4n) is 4.38. The number of hydrogen-bond acceptors (Lipinski definition) is 5. The van der Waals surface area contributed by atoms with Gasteiger partial charge in [0.05, 0.1) is 24.1 Å². The molecule has 0 saturated carbocycles. The number of pyridine rings is 1. The number of benzene rings is 1. The number of carbonyl (C=O) groups is 1. The molecule has 1 N–H and O–H groups in total. The van der Waals surface area contributed by atoms with Crippen molar-refractivity contribution in [2.45, 2.75) is 44.9 Å². The molecule has 1 fully saturated rings. The maximum atomic E-state index is 13.4. The minimum Gasteiger partial charge on any atom is -0.492 e. The summed E-state index contributed by atoms with van der Waals surface area (Å²) in [5.41, 5.74) is 3.45. The maximum Gasteiger partial charge on any atom is 0.257 e. The first kappa shape index (κ1) is 24.0. The van der Waals surface area contributed by atoms with Gasteiger partial charge in [0.1, 0.15) is 10.6 Å². The third-order valence-corrected chi connectivity index (χ3v) is 7.93. The molecule has 0 aliphatic carbocycles. The van der Waals surface area contributed by atoms with E-state index in [1.807, 2.05) is 43.5 Å². The van der Waals surface area contributed by atoms with E-state index >= 15 is 0 Å². The molecule has 3 heterocycles. The fraction of sp³-hybridized carbons (Fsp3) is 0.360. The maximum absolute atomic E-state index is 13.4. The fourth-order valence-corrected chi connectivity index (χ4v) is 6.06. The van der Waals surface area contributed by atoms with Crippen LogP contribution < -0.4 is 10.1 Å². The number of nitrogens with one attached hydrogen (secondary N) is 1. The molecule has 2 aromatic heterocycles. The second kappa shape index (κ2) is 9.99. The highest BCUT2D eigenvalue weighted by molar-refractivity contribution is 7.89. The molecule has 1 aromatic carbocycles. The molecule has 3 aromatic rings. The molecule has 1 aliphatic rings. The van der Waals surface area contributed by atoms with Gasteiger partial charge >= 0.3 is 0 Å². The zero-order valence-electron chi connectivity index (χ0n) is 19.7. The SMILES string of the molecule is CCOc1ccc(NC(=O)c2cc(C)n(-c3cccnc3)c2C)cc1S(=O)(=O)N1CCCCC1. The molecule has 34 heavy (non-hydrogen) atoms. The van der Waals surface area contributed by atoms with E-state index in [1.165, 1.54) is 10.4 Å². The van der Waals surface area contributed by atoms with Gasteiger partial charge in [0.15, 0.2) is 0 Å². The lowest BCUT2D eigenvalue weighted by atomic mass is 10.2. The minimum atomic E-state index is -3.74. The molecular weight excluding hydrogens is 452 g/mol. The summed E-state index contributed by atoms with van der Waals surface area (Å²) in [5, 5.41) is 2.87. The first-order valence-electron chi connectivity index (χ1n) is 11.5. The van der Waals surface area contributed by atoms with Gasteiger partial charge in [-0.2, -0.15) is 4.31 Å². The van der Waals surface area contributed by atoms with Crippen LogP contribution in [0.1, 0.15) is 47.9 Å². The number of aryl methyl sites for hydroxylation is 1. The molecule has 0 radical (unpaired) electrons. The largest absolute Gasteiger partial charge is 0.492 e. The second-order valence-corrected chi connectivity index (χ2v) is 10.3. The van der Waals surface area contributed by atoms with Gasteiger partial charge < -0.3 is 14.6 Å². The number of ether oxygens (including phenoxy) is 1. The van der Waals surface area contributed by atoms with E-state index in [0.717, 1.165) is 36.3 Å². The van der Waals surface area contributed by atoms with E-state index in [1.54, 1.807) is 24.5 Å². The Labute approximate surface area is 200 Å². The van der Waals surface area contributed by atoms with E-state index < -0.39 is 10.0 Å². The van der Waals surface area contributed by atoms with Crippen molar-refractivity contribution in [3.8, 4) is 11.4 Å². The zero-order chi connectivity index (χ0) is 24.3. The monoisotopic (exact) mass is 482 g/mol. The Morgan fingerprint density at radius 1 is 1.12 bits per heavy atom. The normalized spacial score (nSPS) is 14.7. The Morgan fingerprint density at radius 3 is 2.56 bits per heavy atom. The van der Waals surface area contributed by atoms with E-state index in [0.29, 0.717) is 36.7 Å². The number of carbonyl (C=O) groups excluding carboxylic acids is 1. The van der Waals surface area contributed by atoms with Gasteiger partial charge in [-0.25, -0.2) is 8.42 Å². The molecule has 0 bridgehead atoms. The Kier molecular flexibility index (Phi) is 7.04. The number of anilines is 1. The summed E-state index contributed by atoms with van der Waals surface area (Å²) in [4.78, 5) is 17.4. The molecule has 1 saturated heterocycles. The first-order valence-corrected chi connectivity index (χ1v) is 12.9. The predicted octanol–water partition coefficient (Wildman–Crippen LogP) is 4.31. The van der Waals surface area contributed by atoms with Crippen LogP contribution in [-0.4, -0.2) is 47.9 Å². The topological polar surface area (TPSA) is 93.5 Å². The number of nitrogens with zero attached hydrogens (tertiary/aromatic N) is 3. The van der Waals surface area contributed by atoms with E-state index in [2.05, 4.69) is 10.3 Å². The predicted molar refractivity (Wildman–Crippen MR) is 131 cm³/mol. The number of sulfonamides is 1. The van der Waals surface area contributed by atoms with Gasteiger partial charge in [-0.1, -0.05) is 6.42 Å². The number of hydrogen-bond donors (Lipinski definition) is 1. The van der Waals surface area contributed by atoms with Crippen molar-refractivity contribution in [1.29, 1.82) is 0 Å². The van der Waals surface area contributed by atoms with Crippen molar-refractivity contribution in [3.63, 3.8) is 0 Å². The second-order valence-electron chi connectivity index (χ2n) is 8.34. The van der Waals surface area contributed by atoms with Crippen LogP contribution in [0.2, 0.25) is 0 Å². The van der Waals surface area contributed by atoms with Gasteiger partial charge in [0.25, 0.3) is 5.91 Å². The first-order chi connectivity index (χ1) is 16.3. The summed E-state index contributed by atoms with van der Waals surface area (Å²) in [5.74, 6) is -0.0189. The summed E-state index contributed by atoms with van der Waals surface area (Å²) < 4.78 is 35.8. The van der Waals surface area contributed by atoms with Crippen LogP contribution in [-0.2, 0) is 10.0 Å².